The van der Waals surface area contributed by atoms with Crippen LogP contribution in [-0.4, -0.2) is 54.6 Å². The van der Waals surface area contributed by atoms with Gasteiger partial charge in [0.15, 0.2) is 11.5 Å². The van der Waals surface area contributed by atoms with Crippen molar-refractivity contribution in [2.75, 3.05) is 19.7 Å². The summed E-state index contributed by atoms with van der Waals surface area (Å²) in [7, 11) is 0. The summed E-state index contributed by atoms with van der Waals surface area (Å²) in [5.41, 5.74) is 4.26. The summed E-state index contributed by atoms with van der Waals surface area (Å²) in [6.45, 7) is -1.84. The Morgan fingerprint density at radius 1 is 1.15 bits per heavy atom. The third-order valence-electron chi connectivity index (χ3n) is 4.07. The molecule has 8 nitrogen and oxygen atoms in total. The Morgan fingerprint density at radius 2 is 1.81 bits per heavy atom. The second-order valence-electron chi connectivity index (χ2n) is 6.13. The summed E-state index contributed by atoms with van der Waals surface area (Å²) >= 11 is 0. The molecule has 2 atom stereocenters. The molecule has 1 saturated heterocycles. The molecule has 27 heavy (non-hydrogen) atoms. The molecule has 2 aliphatic rings. The van der Waals surface area contributed by atoms with Crippen LogP contribution in [0.25, 0.3) is 0 Å². The lowest BCUT2D eigenvalue weighted by atomic mass is 10.1. The van der Waals surface area contributed by atoms with E-state index in [1.54, 1.807) is 24.3 Å². The average Bonchev–Trinajstić information content (AvgIpc) is 2.98. The van der Waals surface area contributed by atoms with E-state index in [0.29, 0.717) is 16.4 Å². The number of nitrogens with zero attached hydrogens (tertiary/aromatic N) is 1. The van der Waals surface area contributed by atoms with Gasteiger partial charge in [0, 0.05) is 13.0 Å². The highest BCUT2D eigenvalue weighted by molar-refractivity contribution is 5.91. The van der Waals surface area contributed by atoms with E-state index in [4.69, 9.17) is 9.47 Å². The van der Waals surface area contributed by atoms with Crippen molar-refractivity contribution in [3.8, 4) is 11.5 Å². The molecular weight excluding hydrogens is 371 g/mol. The van der Waals surface area contributed by atoms with Crippen LogP contribution in [0.3, 0.4) is 0 Å². The summed E-state index contributed by atoms with van der Waals surface area (Å²) in [6, 6.07) is 6.74. The number of carbonyl (C=O) groups is 3. The number of nitrogens with one attached hydrogen (secondary N) is 2. The van der Waals surface area contributed by atoms with E-state index in [-0.39, 0.29) is 19.6 Å². The van der Waals surface area contributed by atoms with Crippen molar-refractivity contribution in [2.24, 2.45) is 5.92 Å². The van der Waals surface area contributed by atoms with Crippen LogP contribution >= 0.6 is 0 Å². The summed E-state index contributed by atoms with van der Waals surface area (Å²) in [6.07, 6.45) is -5.90. The van der Waals surface area contributed by atoms with Crippen LogP contribution in [0.1, 0.15) is 6.42 Å². The minimum Gasteiger partial charge on any atom is -0.485 e. The van der Waals surface area contributed by atoms with Gasteiger partial charge in [-0.05, 0) is 12.1 Å². The predicted octanol–water partition coefficient (Wildman–Crippen LogP) is 0.385. The molecule has 0 aromatic heterocycles. The Bertz CT molecular complexity index is 755. The standard InChI is InChI=1S/C16H16F3N3O5/c17-16(18,19)8-22-6-9(5-13(22)23)14(24)20-21-15(25)12-7-26-10-3-1-2-4-11(10)27-12/h1-4,9,12H,5-8H2,(H,20,24)(H,21,25)/t9-,12-/m0/s1. The summed E-state index contributed by atoms with van der Waals surface area (Å²) in [5, 5.41) is 0. The van der Waals surface area contributed by atoms with Crippen molar-refractivity contribution in [3.63, 3.8) is 0 Å². The SMILES string of the molecule is O=C(NNC(=O)[C@@H]1COc2ccccc2O1)[C@H]1CC(=O)N(CC(F)(F)F)C1. The maximum Gasteiger partial charge on any atom is 0.406 e. The molecule has 0 unspecified atom stereocenters. The summed E-state index contributed by atoms with van der Waals surface area (Å²) in [4.78, 5) is 36.3. The number of carbonyl (C=O) groups excluding carboxylic acids is 3. The van der Waals surface area contributed by atoms with Gasteiger partial charge in [0.2, 0.25) is 17.9 Å². The Kier molecular flexibility index (Phi) is 5.10. The summed E-state index contributed by atoms with van der Waals surface area (Å²) < 4.78 is 48.0. The van der Waals surface area contributed by atoms with Crippen LogP contribution in [0, 0.1) is 5.92 Å². The smallest absolute Gasteiger partial charge is 0.406 e. The lowest BCUT2D eigenvalue weighted by Gasteiger charge is -2.25. The predicted molar refractivity (Wildman–Crippen MR) is 83.4 cm³/mol. The molecule has 0 saturated carbocycles. The molecule has 0 aliphatic carbocycles. The van der Waals surface area contributed by atoms with Gasteiger partial charge in [0.25, 0.3) is 5.91 Å². The third-order valence-corrected chi connectivity index (χ3v) is 4.07. The molecule has 1 aromatic rings. The number of halogens is 3. The number of benzene rings is 1. The first-order valence-corrected chi connectivity index (χ1v) is 8.05. The number of hydrazine groups is 1. The van der Waals surface area contributed by atoms with Crippen LogP contribution in [0.5, 0.6) is 11.5 Å². The molecule has 1 aromatic carbocycles. The number of rotatable bonds is 3. The first-order valence-electron chi connectivity index (χ1n) is 8.05. The second-order valence-corrected chi connectivity index (χ2v) is 6.13. The van der Waals surface area contributed by atoms with E-state index in [1.165, 1.54) is 0 Å². The maximum absolute atomic E-state index is 12.4. The fraction of sp³-hybridized carbons (Fsp3) is 0.438. The Labute approximate surface area is 151 Å². The highest BCUT2D eigenvalue weighted by atomic mass is 19.4. The molecule has 11 heteroatoms. The number of likely N-dealkylation sites (tertiary alicyclic amines) is 1. The van der Waals surface area contributed by atoms with E-state index < -0.39 is 42.5 Å². The number of hydrogen-bond acceptors (Lipinski definition) is 5. The van der Waals surface area contributed by atoms with Crippen molar-refractivity contribution < 1.29 is 37.0 Å². The average molecular weight is 387 g/mol. The Hall–Kier alpha value is -2.98. The fourth-order valence-corrected chi connectivity index (χ4v) is 2.77. The topological polar surface area (TPSA) is 97.0 Å². The zero-order valence-corrected chi connectivity index (χ0v) is 13.9. The lowest BCUT2D eigenvalue weighted by molar-refractivity contribution is -0.157. The van der Waals surface area contributed by atoms with Gasteiger partial charge >= 0.3 is 6.18 Å². The molecule has 0 radical (unpaired) electrons. The van der Waals surface area contributed by atoms with Gasteiger partial charge in [-0.2, -0.15) is 13.2 Å². The molecule has 2 aliphatic heterocycles. The number of hydrogen-bond donors (Lipinski definition) is 2. The minimum atomic E-state index is -4.54. The molecule has 2 N–H and O–H groups in total. The van der Waals surface area contributed by atoms with Crippen molar-refractivity contribution in [1.82, 2.24) is 15.8 Å². The number of amides is 3. The monoisotopic (exact) mass is 387 g/mol. The van der Waals surface area contributed by atoms with Crippen molar-refractivity contribution in [2.45, 2.75) is 18.7 Å². The van der Waals surface area contributed by atoms with Crippen LogP contribution < -0.4 is 20.3 Å². The zero-order chi connectivity index (χ0) is 19.6. The first-order chi connectivity index (χ1) is 12.7. The van der Waals surface area contributed by atoms with Crippen LogP contribution in [0.15, 0.2) is 24.3 Å². The Balaban J connectivity index is 1.48. The van der Waals surface area contributed by atoms with Gasteiger partial charge in [-0.15, -0.1) is 0 Å². The van der Waals surface area contributed by atoms with Gasteiger partial charge in [-0.3, -0.25) is 25.2 Å². The van der Waals surface area contributed by atoms with Crippen molar-refractivity contribution in [1.29, 1.82) is 0 Å². The summed E-state index contributed by atoms with van der Waals surface area (Å²) in [5.74, 6) is -2.32. The van der Waals surface area contributed by atoms with E-state index in [2.05, 4.69) is 10.9 Å². The van der Waals surface area contributed by atoms with Gasteiger partial charge in [0.05, 0.1) is 5.92 Å². The van der Waals surface area contributed by atoms with Crippen LogP contribution in [-0.2, 0) is 14.4 Å². The van der Waals surface area contributed by atoms with E-state index in [9.17, 15) is 27.6 Å². The van der Waals surface area contributed by atoms with Crippen molar-refractivity contribution >= 4 is 17.7 Å². The third kappa shape index (κ3) is 4.60. The van der Waals surface area contributed by atoms with Gasteiger partial charge in [-0.25, -0.2) is 0 Å². The van der Waals surface area contributed by atoms with Gasteiger partial charge in [0.1, 0.15) is 13.2 Å². The van der Waals surface area contributed by atoms with E-state index in [1.807, 2.05) is 0 Å². The number of alkyl halides is 3. The molecule has 0 spiro atoms. The number of para-hydroxylation sites is 2. The molecule has 1 fully saturated rings. The molecule has 0 bridgehead atoms. The van der Waals surface area contributed by atoms with Gasteiger partial charge in [-0.1, -0.05) is 12.1 Å². The molecular formula is C16H16F3N3O5. The highest BCUT2D eigenvalue weighted by Crippen LogP contribution is 2.30. The zero-order valence-electron chi connectivity index (χ0n) is 13.9. The fourth-order valence-electron chi connectivity index (χ4n) is 2.77. The molecule has 146 valence electrons. The maximum atomic E-state index is 12.4. The first kappa shape index (κ1) is 18.8. The molecule has 3 amide bonds. The largest absolute Gasteiger partial charge is 0.485 e. The lowest BCUT2D eigenvalue weighted by Crippen LogP contribution is -2.52. The quantitative estimate of drug-likeness (QED) is 0.732. The van der Waals surface area contributed by atoms with E-state index >= 15 is 0 Å². The van der Waals surface area contributed by atoms with Gasteiger partial charge < -0.3 is 14.4 Å². The minimum absolute atomic E-state index is 0.0695. The van der Waals surface area contributed by atoms with E-state index in [0.717, 1.165) is 0 Å². The highest BCUT2D eigenvalue weighted by Gasteiger charge is 2.40. The molecule has 2 heterocycles. The van der Waals surface area contributed by atoms with Crippen LogP contribution in [0.2, 0.25) is 0 Å². The van der Waals surface area contributed by atoms with Crippen molar-refractivity contribution in [3.05, 3.63) is 24.3 Å². The second kappa shape index (κ2) is 7.33. The number of fused-ring (bicyclic) bond motifs is 1. The number of ether oxygens (including phenoxy) is 2. The molecule has 3 rings (SSSR count). The Morgan fingerprint density at radius 3 is 2.52 bits per heavy atom. The normalized spacial score (nSPS) is 21.7. The van der Waals surface area contributed by atoms with Crippen LogP contribution in [0.4, 0.5) is 13.2 Å².